The van der Waals surface area contributed by atoms with Crippen LogP contribution in [0.15, 0.2) is 54.6 Å². The molecule has 0 saturated carbocycles. The molecule has 0 radical (unpaired) electrons. The molecule has 28 heavy (non-hydrogen) atoms. The van der Waals surface area contributed by atoms with Gasteiger partial charge in [-0.1, -0.05) is 24.3 Å². The molecule has 1 amide bonds. The van der Waals surface area contributed by atoms with E-state index in [2.05, 4.69) is 10.2 Å². The van der Waals surface area contributed by atoms with Crippen LogP contribution in [-0.2, 0) is 4.74 Å². The Morgan fingerprint density at radius 1 is 1.14 bits per heavy atom. The van der Waals surface area contributed by atoms with Gasteiger partial charge in [-0.05, 0) is 43.2 Å². The first kappa shape index (κ1) is 18.9. The van der Waals surface area contributed by atoms with Gasteiger partial charge < -0.3 is 19.9 Å². The Kier molecular flexibility index (Phi) is 5.90. The maximum Gasteiger partial charge on any atom is 0.251 e. The number of carbonyl (C=O) groups is 1. The quantitative estimate of drug-likeness (QED) is 0.803. The van der Waals surface area contributed by atoms with E-state index in [4.69, 9.17) is 14.6 Å². The number of carbonyl (C=O) groups excluding carboxylic acids is 1. The number of hydrogen-bond donors (Lipinski definition) is 2. The van der Waals surface area contributed by atoms with Crippen LogP contribution in [0.4, 0.5) is 0 Å². The van der Waals surface area contributed by atoms with Gasteiger partial charge in [0.2, 0.25) is 0 Å². The number of hydrogen-bond acceptors (Lipinski definition) is 5. The highest BCUT2D eigenvalue weighted by Gasteiger charge is 2.37. The lowest BCUT2D eigenvalue weighted by Gasteiger charge is -2.34. The average molecular weight is 382 g/mol. The maximum absolute atomic E-state index is 12.7. The molecule has 6 nitrogen and oxygen atoms in total. The summed E-state index contributed by atoms with van der Waals surface area (Å²) in [6.45, 7) is 2.45. The third-order valence-corrected chi connectivity index (χ3v) is 5.35. The van der Waals surface area contributed by atoms with E-state index in [1.165, 1.54) is 0 Å². The number of benzene rings is 2. The molecule has 0 aromatic heterocycles. The molecule has 2 saturated heterocycles. The summed E-state index contributed by atoms with van der Waals surface area (Å²) in [6.07, 6.45) is 1.63. The van der Waals surface area contributed by atoms with Crippen LogP contribution in [0.3, 0.4) is 0 Å². The molecule has 0 bridgehead atoms. The summed E-state index contributed by atoms with van der Waals surface area (Å²) in [4.78, 5) is 15.1. The van der Waals surface area contributed by atoms with Crippen LogP contribution in [0.25, 0.3) is 0 Å². The van der Waals surface area contributed by atoms with Gasteiger partial charge in [-0.15, -0.1) is 0 Å². The SMILES string of the molecule is O=C(N[C@@H]1C[C@H]2CO[C@@H](CCO)CN2C1)c1cccc(Oc2ccccc2)c1. The molecular formula is C22H26N2O4. The number of morpholine rings is 1. The standard InChI is InChI=1S/C22H26N2O4/c25-10-9-21-14-24-13-17(12-18(24)15-27-21)23-22(26)16-5-4-8-20(11-16)28-19-6-2-1-3-7-19/h1-8,11,17-18,21,25H,9-10,12-15H2,(H,23,26)/t17-,18+,21+/m1/s1. The van der Waals surface area contributed by atoms with E-state index in [9.17, 15) is 4.79 Å². The average Bonchev–Trinajstić information content (AvgIpc) is 3.11. The second-order valence-corrected chi connectivity index (χ2v) is 7.42. The summed E-state index contributed by atoms with van der Waals surface area (Å²) in [5, 5.41) is 12.3. The predicted octanol–water partition coefficient (Wildman–Crippen LogP) is 2.43. The van der Waals surface area contributed by atoms with E-state index >= 15 is 0 Å². The zero-order chi connectivity index (χ0) is 19.3. The summed E-state index contributed by atoms with van der Waals surface area (Å²) < 4.78 is 11.6. The Bertz CT molecular complexity index is 798. The molecule has 2 heterocycles. The molecule has 2 N–H and O–H groups in total. The second-order valence-electron chi connectivity index (χ2n) is 7.42. The van der Waals surface area contributed by atoms with Crippen molar-refractivity contribution in [1.82, 2.24) is 10.2 Å². The van der Waals surface area contributed by atoms with Gasteiger partial charge in [0.1, 0.15) is 11.5 Å². The van der Waals surface area contributed by atoms with Crippen LogP contribution in [-0.4, -0.2) is 60.4 Å². The molecule has 148 valence electrons. The summed E-state index contributed by atoms with van der Waals surface area (Å²) in [7, 11) is 0. The second kappa shape index (κ2) is 8.73. The summed E-state index contributed by atoms with van der Waals surface area (Å²) in [6, 6.07) is 17.2. The Morgan fingerprint density at radius 2 is 1.96 bits per heavy atom. The molecule has 4 rings (SSSR count). The van der Waals surface area contributed by atoms with E-state index in [1.807, 2.05) is 42.5 Å². The van der Waals surface area contributed by atoms with Crippen LogP contribution in [0.2, 0.25) is 0 Å². The topological polar surface area (TPSA) is 71.0 Å². The van der Waals surface area contributed by atoms with Crippen molar-refractivity contribution in [3.8, 4) is 11.5 Å². The van der Waals surface area contributed by atoms with E-state index in [0.717, 1.165) is 25.3 Å². The fourth-order valence-electron chi connectivity index (χ4n) is 3.96. The Morgan fingerprint density at radius 3 is 2.79 bits per heavy atom. The zero-order valence-electron chi connectivity index (χ0n) is 15.8. The number of ether oxygens (including phenoxy) is 2. The summed E-state index contributed by atoms with van der Waals surface area (Å²) in [5.41, 5.74) is 0.590. The number of rotatable bonds is 6. The molecule has 2 aromatic rings. The Labute approximate surface area is 165 Å². The molecule has 2 aliphatic rings. The van der Waals surface area contributed by atoms with Gasteiger partial charge in [-0.25, -0.2) is 0 Å². The Balaban J connectivity index is 1.35. The van der Waals surface area contributed by atoms with E-state index in [0.29, 0.717) is 30.4 Å². The normalized spacial score (nSPS) is 24.5. The fourth-order valence-corrected chi connectivity index (χ4v) is 3.96. The van der Waals surface area contributed by atoms with Gasteiger partial charge in [0.15, 0.2) is 0 Å². The number of aliphatic hydroxyl groups excluding tert-OH is 1. The first-order valence-electron chi connectivity index (χ1n) is 9.81. The van der Waals surface area contributed by atoms with E-state index in [1.54, 1.807) is 12.1 Å². The third kappa shape index (κ3) is 4.52. The van der Waals surface area contributed by atoms with Gasteiger partial charge in [0.25, 0.3) is 5.91 Å². The van der Waals surface area contributed by atoms with Crippen molar-refractivity contribution >= 4 is 5.91 Å². The van der Waals surface area contributed by atoms with Crippen molar-refractivity contribution in [1.29, 1.82) is 0 Å². The minimum absolute atomic E-state index is 0.0857. The lowest BCUT2D eigenvalue weighted by Crippen LogP contribution is -2.46. The van der Waals surface area contributed by atoms with E-state index in [-0.39, 0.29) is 24.7 Å². The van der Waals surface area contributed by atoms with Gasteiger partial charge in [0.05, 0.1) is 12.7 Å². The predicted molar refractivity (Wildman–Crippen MR) is 106 cm³/mol. The minimum atomic E-state index is -0.0869. The maximum atomic E-state index is 12.7. The van der Waals surface area contributed by atoms with Crippen LogP contribution >= 0.6 is 0 Å². The highest BCUT2D eigenvalue weighted by Crippen LogP contribution is 2.25. The smallest absolute Gasteiger partial charge is 0.251 e. The van der Waals surface area contributed by atoms with Crippen LogP contribution in [0.5, 0.6) is 11.5 Å². The van der Waals surface area contributed by atoms with Crippen LogP contribution in [0, 0.1) is 0 Å². The van der Waals surface area contributed by atoms with Gasteiger partial charge in [-0.2, -0.15) is 0 Å². The highest BCUT2D eigenvalue weighted by atomic mass is 16.5. The number of aliphatic hydroxyl groups is 1. The monoisotopic (exact) mass is 382 g/mol. The van der Waals surface area contributed by atoms with E-state index < -0.39 is 0 Å². The first-order valence-corrected chi connectivity index (χ1v) is 9.81. The van der Waals surface area contributed by atoms with Gasteiger partial charge in [0, 0.05) is 37.3 Å². The number of fused-ring (bicyclic) bond motifs is 1. The number of nitrogens with zero attached hydrogens (tertiary/aromatic N) is 1. The minimum Gasteiger partial charge on any atom is -0.457 e. The number of amides is 1. The molecule has 0 spiro atoms. The van der Waals surface area contributed by atoms with Crippen molar-refractivity contribution in [2.75, 3.05) is 26.3 Å². The summed E-state index contributed by atoms with van der Waals surface area (Å²) >= 11 is 0. The Hall–Kier alpha value is -2.41. The third-order valence-electron chi connectivity index (χ3n) is 5.35. The van der Waals surface area contributed by atoms with Crippen molar-refractivity contribution < 1.29 is 19.4 Å². The number of para-hydroxylation sites is 1. The van der Waals surface area contributed by atoms with Gasteiger partial charge in [-0.3, -0.25) is 9.69 Å². The molecule has 0 unspecified atom stereocenters. The van der Waals surface area contributed by atoms with Crippen molar-refractivity contribution in [3.05, 3.63) is 60.2 Å². The lowest BCUT2D eigenvalue weighted by atomic mass is 10.1. The molecule has 6 heteroatoms. The molecule has 2 fully saturated rings. The highest BCUT2D eigenvalue weighted by molar-refractivity contribution is 5.94. The lowest BCUT2D eigenvalue weighted by molar-refractivity contribution is -0.0566. The van der Waals surface area contributed by atoms with Gasteiger partial charge >= 0.3 is 0 Å². The van der Waals surface area contributed by atoms with Crippen molar-refractivity contribution in [2.45, 2.75) is 31.0 Å². The largest absolute Gasteiger partial charge is 0.457 e. The summed E-state index contributed by atoms with van der Waals surface area (Å²) in [5.74, 6) is 1.30. The number of nitrogens with one attached hydrogen (secondary N) is 1. The molecule has 0 aliphatic carbocycles. The van der Waals surface area contributed by atoms with Crippen LogP contribution in [0.1, 0.15) is 23.2 Å². The molecule has 2 aliphatic heterocycles. The zero-order valence-corrected chi connectivity index (χ0v) is 15.8. The van der Waals surface area contributed by atoms with Crippen molar-refractivity contribution in [2.24, 2.45) is 0 Å². The van der Waals surface area contributed by atoms with Crippen molar-refractivity contribution in [3.63, 3.8) is 0 Å². The molecule has 3 atom stereocenters. The molecular weight excluding hydrogens is 356 g/mol. The fraction of sp³-hybridized carbons (Fsp3) is 0.409. The first-order chi connectivity index (χ1) is 13.7. The van der Waals surface area contributed by atoms with Crippen LogP contribution < -0.4 is 10.1 Å². The molecule has 2 aromatic carbocycles.